The fourth-order valence-electron chi connectivity index (χ4n) is 1.71. The Labute approximate surface area is 106 Å². The van der Waals surface area contributed by atoms with Crippen molar-refractivity contribution < 1.29 is 13.9 Å². The minimum Gasteiger partial charge on any atom is -0.494 e. The second-order valence-corrected chi connectivity index (χ2v) is 4.47. The molecule has 0 bridgehead atoms. The van der Waals surface area contributed by atoms with E-state index in [4.69, 9.17) is 10.5 Å². The van der Waals surface area contributed by atoms with Crippen LogP contribution in [0, 0.1) is 11.7 Å². The van der Waals surface area contributed by atoms with Gasteiger partial charge >= 0.3 is 0 Å². The fraction of sp³-hybridized carbons (Fsp3) is 0.462. The van der Waals surface area contributed by atoms with E-state index in [-0.39, 0.29) is 11.7 Å². The summed E-state index contributed by atoms with van der Waals surface area (Å²) in [4.78, 5) is 11.2. The van der Waals surface area contributed by atoms with Crippen LogP contribution in [0.1, 0.15) is 19.4 Å². The summed E-state index contributed by atoms with van der Waals surface area (Å²) < 4.78 is 18.3. The predicted molar refractivity (Wildman–Crippen MR) is 67.6 cm³/mol. The van der Waals surface area contributed by atoms with E-state index < -0.39 is 17.8 Å². The van der Waals surface area contributed by atoms with Gasteiger partial charge in [-0.2, -0.15) is 0 Å². The van der Waals surface area contributed by atoms with Crippen LogP contribution in [0.2, 0.25) is 0 Å². The standard InChI is InChI=1S/C13H19FN2O2/c1-8(2)12(13(15)17)16-7-9-4-5-11(18-3)10(14)6-9/h4-6,8,12,16H,7H2,1-3H3,(H2,15,17). The molecule has 0 aliphatic rings. The number of hydrogen-bond donors (Lipinski definition) is 2. The van der Waals surface area contributed by atoms with Gasteiger partial charge in [-0.1, -0.05) is 19.9 Å². The van der Waals surface area contributed by atoms with Crippen LogP contribution in [-0.2, 0) is 11.3 Å². The molecule has 0 saturated carbocycles. The highest BCUT2D eigenvalue weighted by molar-refractivity contribution is 5.80. The quantitative estimate of drug-likeness (QED) is 0.807. The molecule has 0 heterocycles. The highest BCUT2D eigenvalue weighted by Crippen LogP contribution is 2.17. The molecular formula is C13H19FN2O2. The van der Waals surface area contributed by atoms with Crippen LogP contribution < -0.4 is 15.8 Å². The number of rotatable bonds is 6. The van der Waals surface area contributed by atoms with Crippen molar-refractivity contribution >= 4 is 5.91 Å². The summed E-state index contributed by atoms with van der Waals surface area (Å²) in [5, 5.41) is 3.02. The van der Waals surface area contributed by atoms with Crippen molar-refractivity contribution in [3.8, 4) is 5.75 Å². The lowest BCUT2D eigenvalue weighted by Crippen LogP contribution is -2.44. The molecule has 0 aliphatic carbocycles. The van der Waals surface area contributed by atoms with Crippen molar-refractivity contribution in [3.05, 3.63) is 29.6 Å². The molecule has 0 spiro atoms. The SMILES string of the molecule is COc1ccc(CNC(C(N)=O)C(C)C)cc1F. The van der Waals surface area contributed by atoms with Crippen LogP contribution >= 0.6 is 0 Å². The lowest BCUT2D eigenvalue weighted by atomic mass is 10.0. The Balaban J connectivity index is 2.68. The van der Waals surface area contributed by atoms with Gasteiger partial charge in [-0.3, -0.25) is 4.79 Å². The van der Waals surface area contributed by atoms with Crippen LogP contribution in [-0.4, -0.2) is 19.1 Å². The van der Waals surface area contributed by atoms with E-state index in [9.17, 15) is 9.18 Å². The number of primary amides is 1. The Hall–Kier alpha value is -1.62. The summed E-state index contributed by atoms with van der Waals surface area (Å²) in [7, 11) is 1.41. The molecule has 3 N–H and O–H groups in total. The highest BCUT2D eigenvalue weighted by atomic mass is 19.1. The summed E-state index contributed by atoms with van der Waals surface area (Å²) in [6.07, 6.45) is 0. The van der Waals surface area contributed by atoms with E-state index in [1.165, 1.54) is 13.2 Å². The molecule has 18 heavy (non-hydrogen) atoms. The van der Waals surface area contributed by atoms with Crippen LogP contribution in [0.25, 0.3) is 0 Å². The monoisotopic (exact) mass is 254 g/mol. The number of carbonyl (C=O) groups is 1. The molecule has 0 fully saturated rings. The Bertz CT molecular complexity index is 421. The Morgan fingerprint density at radius 2 is 2.17 bits per heavy atom. The fourth-order valence-corrected chi connectivity index (χ4v) is 1.71. The predicted octanol–water partition coefficient (Wildman–Crippen LogP) is 1.43. The number of ether oxygens (including phenoxy) is 1. The first-order chi connectivity index (χ1) is 8.45. The lowest BCUT2D eigenvalue weighted by molar-refractivity contribution is -0.121. The molecule has 1 amide bonds. The van der Waals surface area contributed by atoms with Gasteiger partial charge in [-0.15, -0.1) is 0 Å². The first kappa shape index (κ1) is 14.4. The maximum absolute atomic E-state index is 13.4. The van der Waals surface area contributed by atoms with Gasteiger partial charge in [-0.05, 0) is 23.6 Å². The summed E-state index contributed by atoms with van der Waals surface area (Å²) in [6.45, 7) is 4.18. The van der Waals surface area contributed by atoms with E-state index in [0.717, 1.165) is 5.56 Å². The molecule has 0 saturated heterocycles. The van der Waals surface area contributed by atoms with Gasteiger partial charge in [0, 0.05) is 6.54 Å². The third-order valence-electron chi connectivity index (χ3n) is 2.72. The molecule has 1 unspecified atom stereocenters. The van der Waals surface area contributed by atoms with Gasteiger partial charge in [0.1, 0.15) is 0 Å². The topological polar surface area (TPSA) is 64.3 Å². The third-order valence-corrected chi connectivity index (χ3v) is 2.72. The number of methoxy groups -OCH3 is 1. The van der Waals surface area contributed by atoms with E-state index in [1.54, 1.807) is 12.1 Å². The average Bonchev–Trinajstić information content (AvgIpc) is 2.28. The average molecular weight is 254 g/mol. The van der Waals surface area contributed by atoms with Crippen LogP contribution in [0.4, 0.5) is 4.39 Å². The molecule has 1 aromatic rings. The van der Waals surface area contributed by atoms with Crippen molar-refractivity contribution in [1.82, 2.24) is 5.32 Å². The summed E-state index contributed by atoms with van der Waals surface area (Å²) in [6, 6.07) is 4.26. The van der Waals surface area contributed by atoms with E-state index in [1.807, 2.05) is 13.8 Å². The number of halogens is 1. The van der Waals surface area contributed by atoms with Crippen molar-refractivity contribution in [2.24, 2.45) is 11.7 Å². The van der Waals surface area contributed by atoms with E-state index >= 15 is 0 Å². The zero-order valence-corrected chi connectivity index (χ0v) is 10.9. The molecule has 1 atom stereocenters. The van der Waals surface area contributed by atoms with Crippen LogP contribution in [0.15, 0.2) is 18.2 Å². The number of amides is 1. The number of hydrogen-bond acceptors (Lipinski definition) is 3. The molecule has 0 radical (unpaired) electrons. The zero-order valence-electron chi connectivity index (χ0n) is 10.9. The maximum atomic E-state index is 13.4. The van der Waals surface area contributed by atoms with Crippen molar-refractivity contribution in [3.63, 3.8) is 0 Å². The maximum Gasteiger partial charge on any atom is 0.234 e. The second-order valence-electron chi connectivity index (χ2n) is 4.47. The van der Waals surface area contributed by atoms with Gasteiger partial charge in [0.25, 0.3) is 0 Å². The molecule has 1 aromatic carbocycles. The first-order valence-corrected chi connectivity index (χ1v) is 5.80. The lowest BCUT2D eigenvalue weighted by Gasteiger charge is -2.19. The van der Waals surface area contributed by atoms with Gasteiger partial charge in [0.05, 0.1) is 13.2 Å². The molecule has 5 heteroatoms. The Kier molecular flexibility index (Phi) is 5.09. The largest absolute Gasteiger partial charge is 0.494 e. The minimum absolute atomic E-state index is 0.0885. The first-order valence-electron chi connectivity index (χ1n) is 5.80. The summed E-state index contributed by atoms with van der Waals surface area (Å²) in [5.41, 5.74) is 6.02. The molecule has 0 aromatic heterocycles. The van der Waals surface area contributed by atoms with Crippen molar-refractivity contribution in [2.45, 2.75) is 26.4 Å². The van der Waals surface area contributed by atoms with Gasteiger partial charge in [-0.25, -0.2) is 4.39 Å². The van der Waals surface area contributed by atoms with Crippen molar-refractivity contribution in [2.75, 3.05) is 7.11 Å². The van der Waals surface area contributed by atoms with E-state index in [2.05, 4.69) is 5.32 Å². The minimum atomic E-state index is -0.421. The van der Waals surface area contributed by atoms with Gasteiger partial charge in [0.15, 0.2) is 11.6 Å². The molecule has 4 nitrogen and oxygen atoms in total. The normalized spacial score (nSPS) is 12.5. The zero-order chi connectivity index (χ0) is 13.7. The molecule has 1 rings (SSSR count). The van der Waals surface area contributed by atoms with Gasteiger partial charge in [0.2, 0.25) is 5.91 Å². The number of benzene rings is 1. The number of nitrogens with two attached hydrogens (primary N) is 1. The summed E-state index contributed by atoms with van der Waals surface area (Å²) >= 11 is 0. The Morgan fingerprint density at radius 1 is 1.50 bits per heavy atom. The molecular weight excluding hydrogens is 235 g/mol. The third kappa shape index (κ3) is 3.70. The smallest absolute Gasteiger partial charge is 0.234 e. The number of nitrogens with one attached hydrogen (secondary N) is 1. The van der Waals surface area contributed by atoms with Crippen LogP contribution in [0.5, 0.6) is 5.75 Å². The van der Waals surface area contributed by atoms with E-state index in [0.29, 0.717) is 6.54 Å². The summed E-state index contributed by atoms with van der Waals surface area (Å²) in [5.74, 6) is -0.532. The highest BCUT2D eigenvalue weighted by Gasteiger charge is 2.18. The van der Waals surface area contributed by atoms with Crippen molar-refractivity contribution in [1.29, 1.82) is 0 Å². The second kappa shape index (κ2) is 6.35. The van der Waals surface area contributed by atoms with Gasteiger partial charge < -0.3 is 15.8 Å². The molecule has 0 aliphatic heterocycles. The van der Waals surface area contributed by atoms with Crippen LogP contribution in [0.3, 0.4) is 0 Å². The Morgan fingerprint density at radius 3 is 2.61 bits per heavy atom. The molecule has 100 valence electrons. The number of carbonyl (C=O) groups excluding carboxylic acids is 1.